The molecule has 0 amide bonds. The summed E-state index contributed by atoms with van der Waals surface area (Å²) in [6.07, 6.45) is 0.580. The molecule has 3 heteroatoms. The Labute approximate surface area is 82.9 Å². The maximum atomic E-state index is 11.6. The van der Waals surface area contributed by atoms with Crippen molar-refractivity contribution >= 4 is 5.97 Å². The van der Waals surface area contributed by atoms with Crippen LogP contribution in [0.5, 0.6) is 0 Å². The smallest absolute Gasteiger partial charge is 0.339 e. The Morgan fingerprint density at radius 2 is 2.36 bits per heavy atom. The van der Waals surface area contributed by atoms with Gasteiger partial charge in [-0.25, -0.2) is 4.79 Å². The van der Waals surface area contributed by atoms with Crippen LogP contribution >= 0.6 is 0 Å². The highest BCUT2D eigenvalue weighted by molar-refractivity contribution is 5.93. The normalized spacial score (nSPS) is 20.1. The SMILES string of the molecule is Cc1cccc2c1C(=O)OC(CN)C2. The van der Waals surface area contributed by atoms with E-state index in [4.69, 9.17) is 10.5 Å². The molecule has 2 rings (SSSR count). The van der Waals surface area contributed by atoms with Crippen LogP contribution in [0.3, 0.4) is 0 Å². The number of rotatable bonds is 1. The van der Waals surface area contributed by atoms with E-state index < -0.39 is 0 Å². The van der Waals surface area contributed by atoms with Crippen LogP contribution < -0.4 is 5.73 Å². The number of fused-ring (bicyclic) bond motifs is 1. The molecular weight excluding hydrogens is 178 g/mol. The molecule has 2 N–H and O–H groups in total. The van der Waals surface area contributed by atoms with Crippen molar-refractivity contribution in [2.75, 3.05) is 6.54 Å². The van der Waals surface area contributed by atoms with Crippen LogP contribution in [-0.2, 0) is 11.2 Å². The van der Waals surface area contributed by atoms with Gasteiger partial charge in [0.05, 0.1) is 5.56 Å². The van der Waals surface area contributed by atoms with Gasteiger partial charge in [-0.2, -0.15) is 0 Å². The maximum Gasteiger partial charge on any atom is 0.339 e. The fraction of sp³-hybridized carbons (Fsp3) is 0.364. The Hall–Kier alpha value is -1.35. The van der Waals surface area contributed by atoms with Crippen molar-refractivity contribution in [3.05, 3.63) is 34.9 Å². The van der Waals surface area contributed by atoms with E-state index >= 15 is 0 Å². The van der Waals surface area contributed by atoms with E-state index in [-0.39, 0.29) is 12.1 Å². The zero-order chi connectivity index (χ0) is 10.1. The molecule has 1 aliphatic heterocycles. The summed E-state index contributed by atoms with van der Waals surface area (Å²) >= 11 is 0. The molecule has 0 radical (unpaired) electrons. The van der Waals surface area contributed by atoms with Crippen molar-refractivity contribution in [3.8, 4) is 0 Å². The molecular formula is C11H13NO2. The van der Waals surface area contributed by atoms with Crippen LogP contribution in [0, 0.1) is 6.92 Å². The first-order valence-electron chi connectivity index (χ1n) is 4.72. The zero-order valence-corrected chi connectivity index (χ0v) is 8.12. The highest BCUT2D eigenvalue weighted by Gasteiger charge is 2.26. The van der Waals surface area contributed by atoms with Gasteiger partial charge in [0.2, 0.25) is 0 Å². The van der Waals surface area contributed by atoms with E-state index in [1.54, 1.807) is 0 Å². The molecule has 0 aromatic heterocycles. The number of hydrogen-bond acceptors (Lipinski definition) is 3. The molecule has 3 nitrogen and oxygen atoms in total. The van der Waals surface area contributed by atoms with Gasteiger partial charge in [0.25, 0.3) is 0 Å². The molecule has 1 heterocycles. The largest absolute Gasteiger partial charge is 0.457 e. The molecule has 1 aromatic carbocycles. The summed E-state index contributed by atoms with van der Waals surface area (Å²) in [4.78, 5) is 11.6. The molecule has 1 aromatic rings. The number of cyclic esters (lactones) is 1. The molecule has 1 aliphatic rings. The molecule has 0 fully saturated rings. The zero-order valence-electron chi connectivity index (χ0n) is 8.12. The van der Waals surface area contributed by atoms with E-state index in [1.165, 1.54) is 0 Å². The first-order chi connectivity index (χ1) is 6.72. The number of hydrogen-bond donors (Lipinski definition) is 1. The summed E-state index contributed by atoms with van der Waals surface area (Å²) in [5.74, 6) is -0.236. The lowest BCUT2D eigenvalue weighted by molar-refractivity contribution is 0.0277. The molecule has 74 valence electrons. The quantitative estimate of drug-likeness (QED) is 0.675. The van der Waals surface area contributed by atoms with Gasteiger partial charge in [-0.3, -0.25) is 0 Å². The van der Waals surface area contributed by atoms with Gasteiger partial charge in [-0.1, -0.05) is 18.2 Å². The fourth-order valence-electron chi connectivity index (χ4n) is 1.82. The number of aryl methyl sites for hydroxylation is 1. The monoisotopic (exact) mass is 191 g/mol. The average Bonchev–Trinajstić information content (AvgIpc) is 2.17. The second-order valence-electron chi connectivity index (χ2n) is 3.58. The molecule has 0 bridgehead atoms. The van der Waals surface area contributed by atoms with Crippen molar-refractivity contribution in [1.82, 2.24) is 0 Å². The van der Waals surface area contributed by atoms with Crippen LogP contribution in [0.2, 0.25) is 0 Å². The summed E-state index contributed by atoms with van der Waals surface area (Å²) in [6.45, 7) is 2.31. The van der Waals surface area contributed by atoms with E-state index in [0.717, 1.165) is 23.1 Å². The number of ether oxygens (including phenoxy) is 1. The number of esters is 1. The molecule has 1 unspecified atom stereocenters. The van der Waals surface area contributed by atoms with Crippen molar-refractivity contribution in [2.24, 2.45) is 5.73 Å². The second-order valence-corrected chi connectivity index (χ2v) is 3.58. The Kier molecular flexibility index (Phi) is 2.25. The van der Waals surface area contributed by atoms with E-state index in [9.17, 15) is 4.79 Å². The van der Waals surface area contributed by atoms with Crippen molar-refractivity contribution in [2.45, 2.75) is 19.4 Å². The molecule has 0 saturated heterocycles. The maximum absolute atomic E-state index is 11.6. The summed E-state index contributed by atoms with van der Waals surface area (Å²) < 4.78 is 5.18. The topological polar surface area (TPSA) is 52.3 Å². The standard InChI is InChI=1S/C11H13NO2/c1-7-3-2-4-8-5-9(6-12)14-11(13)10(7)8/h2-4,9H,5-6,12H2,1H3. The third-order valence-electron chi connectivity index (χ3n) is 2.55. The van der Waals surface area contributed by atoms with E-state index in [0.29, 0.717) is 6.54 Å². The summed E-state index contributed by atoms with van der Waals surface area (Å²) in [5, 5.41) is 0. The van der Waals surface area contributed by atoms with E-state index in [1.807, 2.05) is 25.1 Å². The van der Waals surface area contributed by atoms with Crippen molar-refractivity contribution < 1.29 is 9.53 Å². The first-order valence-corrected chi connectivity index (χ1v) is 4.72. The Morgan fingerprint density at radius 1 is 1.57 bits per heavy atom. The second kappa shape index (κ2) is 3.42. The van der Waals surface area contributed by atoms with Crippen LogP contribution in [0.15, 0.2) is 18.2 Å². The van der Waals surface area contributed by atoms with Gasteiger partial charge in [0.15, 0.2) is 0 Å². The molecule has 0 spiro atoms. The summed E-state index contributed by atoms with van der Waals surface area (Å²) in [5.41, 5.74) is 8.23. The summed E-state index contributed by atoms with van der Waals surface area (Å²) in [7, 11) is 0. The lowest BCUT2D eigenvalue weighted by Crippen LogP contribution is -2.34. The van der Waals surface area contributed by atoms with Crippen LogP contribution in [0.4, 0.5) is 0 Å². The third-order valence-corrected chi connectivity index (χ3v) is 2.55. The first kappa shape index (κ1) is 9.21. The Bertz CT molecular complexity index is 374. The average molecular weight is 191 g/mol. The number of nitrogens with two attached hydrogens (primary N) is 1. The van der Waals surface area contributed by atoms with E-state index in [2.05, 4.69) is 0 Å². The van der Waals surface area contributed by atoms with Gasteiger partial charge in [0, 0.05) is 13.0 Å². The highest BCUT2D eigenvalue weighted by Crippen LogP contribution is 2.22. The van der Waals surface area contributed by atoms with Gasteiger partial charge in [0.1, 0.15) is 6.10 Å². The minimum atomic E-state index is -0.236. The van der Waals surface area contributed by atoms with Crippen molar-refractivity contribution in [3.63, 3.8) is 0 Å². The Morgan fingerprint density at radius 3 is 3.07 bits per heavy atom. The third kappa shape index (κ3) is 1.40. The molecule has 0 saturated carbocycles. The number of carbonyl (C=O) groups is 1. The predicted molar refractivity (Wildman–Crippen MR) is 53.1 cm³/mol. The predicted octanol–water partition coefficient (Wildman–Crippen LogP) is 1.04. The number of benzene rings is 1. The van der Waals surface area contributed by atoms with Gasteiger partial charge in [-0.05, 0) is 18.1 Å². The summed E-state index contributed by atoms with van der Waals surface area (Å²) in [6, 6.07) is 5.84. The fourth-order valence-corrected chi connectivity index (χ4v) is 1.82. The van der Waals surface area contributed by atoms with Crippen LogP contribution in [0.25, 0.3) is 0 Å². The highest BCUT2D eigenvalue weighted by atomic mass is 16.5. The van der Waals surface area contributed by atoms with Gasteiger partial charge >= 0.3 is 5.97 Å². The molecule has 1 atom stereocenters. The van der Waals surface area contributed by atoms with Gasteiger partial charge < -0.3 is 10.5 Å². The lowest BCUT2D eigenvalue weighted by Gasteiger charge is -2.24. The minimum absolute atomic E-state index is 0.156. The Balaban J connectivity index is 2.45. The van der Waals surface area contributed by atoms with Crippen LogP contribution in [0.1, 0.15) is 21.5 Å². The minimum Gasteiger partial charge on any atom is -0.457 e. The van der Waals surface area contributed by atoms with Crippen molar-refractivity contribution in [1.29, 1.82) is 0 Å². The van der Waals surface area contributed by atoms with Crippen LogP contribution in [-0.4, -0.2) is 18.6 Å². The van der Waals surface area contributed by atoms with Gasteiger partial charge in [-0.15, -0.1) is 0 Å². The molecule has 0 aliphatic carbocycles. The molecule has 14 heavy (non-hydrogen) atoms. The lowest BCUT2D eigenvalue weighted by atomic mass is 9.95. The number of carbonyl (C=O) groups excluding carboxylic acids is 1.